The maximum atomic E-state index is 5.46. The molecule has 0 aliphatic carbocycles. The van der Waals surface area contributed by atoms with Crippen LogP contribution in [0.15, 0.2) is 41.1 Å². The van der Waals surface area contributed by atoms with Gasteiger partial charge in [0, 0.05) is 22.7 Å². The highest BCUT2D eigenvalue weighted by molar-refractivity contribution is 9.10. The summed E-state index contributed by atoms with van der Waals surface area (Å²) >= 11 is 3.49. The predicted molar refractivity (Wildman–Crippen MR) is 67.9 cm³/mol. The van der Waals surface area contributed by atoms with Crippen molar-refractivity contribution in [2.45, 2.75) is 6.42 Å². The second-order valence-electron chi connectivity index (χ2n) is 3.41. The van der Waals surface area contributed by atoms with Gasteiger partial charge in [-0.15, -0.1) is 0 Å². The van der Waals surface area contributed by atoms with E-state index in [2.05, 4.69) is 25.9 Å². The summed E-state index contributed by atoms with van der Waals surface area (Å²) in [6.45, 7) is 0.600. The Morgan fingerprint density at radius 1 is 1.12 bits per heavy atom. The topological polar surface area (TPSA) is 51.8 Å². The van der Waals surface area contributed by atoms with Gasteiger partial charge in [-0.3, -0.25) is 9.97 Å². The fraction of sp³-hybridized carbons (Fsp3) is 0.167. The van der Waals surface area contributed by atoms with E-state index in [1.54, 1.807) is 12.4 Å². The first-order valence-corrected chi connectivity index (χ1v) is 5.86. The molecule has 0 saturated heterocycles. The Hall–Kier alpha value is -1.26. The van der Waals surface area contributed by atoms with E-state index in [0.29, 0.717) is 6.54 Å². The van der Waals surface area contributed by atoms with Gasteiger partial charge in [0.25, 0.3) is 0 Å². The molecule has 2 N–H and O–H groups in total. The Kier molecular flexibility index (Phi) is 3.64. The zero-order valence-corrected chi connectivity index (χ0v) is 10.3. The van der Waals surface area contributed by atoms with Gasteiger partial charge in [0.1, 0.15) is 0 Å². The number of halogens is 1. The highest BCUT2D eigenvalue weighted by atomic mass is 79.9. The molecule has 0 atom stereocenters. The van der Waals surface area contributed by atoms with Crippen LogP contribution in [-0.4, -0.2) is 16.5 Å². The fourth-order valence-corrected chi connectivity index (χ4v) is 1.93. The van der Waals surface area contributed by atoms with Crippen molar-refractivity contribution in [2.75, 3.05) is 6.54 Å². The van der Waals surface area contributed by atoms with Crippen LogP contribution in [0.2, 0.25) is 0 Å². The van der Waals surface area contributed by atoms with E-state index in [1.807, 2.05) is 24.3 Å². The van der Waals surface area contributed by atoms with Crippen LogP contribution >= 0.6 is 15.9 Å². The molecule has 0 aliphatic heterocycles. The fourth-order valence-electron chi connectivity index (χ4n) is 1.44. The monoisotopic (exact) mass is 277 g/mol. The van der Waals surface area contributed by atoms with Gasteiger partial charge >= 0.3 is 0 Å². The summed E-state index contributed by atoms with van der Waals surface area (Å²) in [6, 6.07) is 7.96. The minimum absolute atomic E-state index is 0.600. The smallest absolute Gasteiger partial charge is 0.0896 e. The van der Waals surface area contributed by atoms with Crippen molar-refractivity contribution in [3.63, 3.8) is 0 Å². The minimum Gasteiger partial charge on any atom is -0.330 e. The van der Waals surface area contributed by atoms with E-state index in [0.717, 1.165) is 27.8 Å². The average Bonchev–Trinajstić information content (AvgIpc) is 2.31. The summed E-state index contributed by atoms with van der Waals surface area (Å²) in [7, 11) is 0. The molecule has 3 nitrogen and oxygen atoms in total. The lowest BCUT2D eigenvalue weighted by molar-refractivity contribution is 0.909. The molecule has 0 radical (unpaired) electrons. The van der Waals surface area contributed by atoms with Gasteiger partial charge in [0.15, 0.2) is 0 Å². The van der Waals surface area contributed by atoms with Gasteiger partial charge in [0.05, 0.1) is 17.6 Å². The van der Waals surface area contributed by atoms with Gasteiger partial charge < -0.3 is 5.73 Å². The number of aromatic nitrogens is 2. The number of rotatable bonds is 3. The van der Waals surface area contributed by atoms with Crippen LogP contribution in [0.1, 0.15) is 5.69 Å². The van der Waals surface area contributed by atoms with Crippen molar-refractivity contribution in [2.24, 2.45) is 5.73 Å². The molecule has 1 aromatic carbocycles. The number of hydrogen-bond donors (Lipinski definition) is 1. The van der Waals surface area contributed by atoms with Gasteiger partial charge in [0.2, 0.25) is 0 Å². The minimum atomic E-state index is 0.600. The third-order valence-electron chi connectivity index (χ3n) is 2.26. The van der Waals surface area contributed by atoms with E-state index in [-0.39, 0.29) is 0 Å². The van der Waals surface area contributed by atoms with Crippen molar-refractivity contribution in [1.82, 2.24) is 9.97 Å². The zero-order chi connectivity index (χ0) is 11.4. The zero-order valence-electron chi connectivity index (χ0n) is 8.73. The highest BCUT2D eigenvalue weighted by Gasteiger charge is 2.03. The molecule has 0 saturated carbocycles. The molecular formula is C12H12BrN3. The van der Waals surface area contributed by atoms with E-state index in [9.17, 15) is 0 Å². The summed E-state index contributed by atoms with van der Waals surface area (Å²) in [5, 5.41) is 0. The molecule has 1 aromatic heterocycles. The van der Waals surface area contributed by atoms with E-state index in [4.69, 9.17) is 5.73 Å². The predicted octanol–water partition coefficient (Wildman–Crippen LogP) is 2.41. The van der Waals surface area contributed by atoms with Gasteiger partial charge in [-0.05, 0) is 12.6 Å². The summed E-state index contributed by atoms with van der Waals surface area (Å²) in [5.74, 6) is 0. The molecule has 1 heterocycles. The first kappa shape index (κ1) is 11.2. The maximum absolute atomic E-state index is 5.46. The molecule has 16 heavy (non-hydrogen) atoms. The Balaban J connectivity index is 2.31. The van der Waals surface area contributed by atoms with Crippen LogP contribution in [0.5, 0.6) is 0 Å². The Morgan fingerprint density at radius 2 is 1.94 bits per heavy atom. The van der Waals surface area contributed by atoms with Crippen LogP contribution in [0.25, 0.3) is 11.3 Å². The Bertz CT molecular complexity index is 468. The van der Waals surface area contributed by atoms with Crippen molar-refractivity contribution in [3.8, 4) is 11.3 Å². The van der Waals surface area contributed by atoms with Crippen LogP contribution < -0.4 is 5.73 Å². The van der Waals surface area contributed by atoms with Crippen LogP contribution in [-0.2, 0) is 6.42 Å². The molecule has 2 rings (SSSR count). The first-order valence-electron chi connectivity index (χ1n) is 5.07. The Labute approximate surface area is 103 Å². The average molecular weight is 278 g/mol. The lowest BCUT2D eigenvalue weighted by atomic mass is 10.1. The van der Waals surface area contributed by atoms with Crippen molar-refractivity contribution < 1.29 is 0 Å². The maximum Gasteiger partial charge on any atom is 0.0896 e. The van der Waals surface area contributed by atoms with Gasteiger partial charge in [-0.25, -0.2) is 0 Å². The highest BCUT2D eigenvalue weighted by Crippen LogP contribution is 2.25. The largest absolute Gasteiger partial charge is 0.330 e. The number of benzene rings is 1. The van der Waals surface area contributed by atoms with Crippen LogP contribution in [0.3, 0.4) is 0 Å². The first-order chi connectivity index (χ1) is 7.81. The summed E-state index contributed by atoms with van der Waals surface area (Å²) in [4.78, 5) is 8.70. The molecule has 0 spiro atoms. The summed E-state index contributed by atoms with van der Waals surface area (Å²) in [5.41, 5.74) is 8.31. The standard InChI is InChI=1S/C12H12BrN3/c13-11-4-2-1-3-10(11)12-8-15-9(5-6-14)7-16-12/h1-4,7-8H,5-6,14H2. The summed E-state index contributed by atoms with van der Waals surface area (Å²) in [6.07, 6.45) is 4.33. The molecule has 0 unspecified atom stereocenters. The molecule has 2 aromatic rings. The van der Waals surface area contributed by atoms with Crippen LogP contribution in [0.4, 0.5) is 0 Å². The SMILES string of the molecule is NCCc1cnc(-c2ccccc2Br)cn1. The molecule has 0 amide bonds. The lowest BCUT2D eigenvalue weighted by Crippen LogP contribution is -2.04. The number of hydrogen-bond acceptors (Lipinski definition) is 3. The molecule has 4 heteroatoms. The number of nitrogens with zero attached hydrogens (tertiary/aromatic N) is 2. The molecule has 82 valence electrons. The molecule has 0 bridgehead atoms. The van der Waals surface area contributed by atoms with Gasteiger partial charge in [-0.1, -0.05) is 34.1 Å². The van der Waals surface area contributed by atoms with Crippen molar-refractivity contribution in [3.05, 3.63) is 46.8 Å². The Morgan fingerprint density at radius 3 is 2.56 bits per heavy atom. The molecular weight excluding hydrogens is 266 g/mol. The lowest BCUT2D eigenvalue weighted by Gasteiger charge is -2.03. The van der Waals surface area contributed by atoms with Crippen molar-refractivity contribution >= 4 is 15.9 Å². The molecule has 0 fully saturated rings. The number of nitrogens with two attached hydrogens (primary N) is 1. The van der Waals surface area contributed by atoms with E-state index in [1.165, 1.54) is 0 Å². The third kappa shape index (κ3) is 2.46. The normalized spacial score (nSPS) is 10.4. The summed E-state index contributed by atoms with van der Waals surface area (Å²) < 4.78 is 1.02. The van der Waals surface area contributed by atoms with Crippen LogP contribution in [0, 0.1) is 0 Å². The van der Waals surface area contributed by atoms with Crippen molar-refractivity contribution in [1.29, 1.82) is 0 Å². The second-order valence-corrected chi connectivity index (χ2v) is 4.27. The quantitative estimate of drug-likeness (QED) is 0.938. The second kappa shape index (κ2) is 5.18. The van der Waals surface area contributed by atoms with E-state index < -0.39 is 0 Å². The van der Waals surface area contributed by atoms with Gasteiger partial charge in [-0.2, -0.15) is 0 Å². The van der Waals surface area contributed by atoms with E-state index >= 15 is 0 Å². The molecule has 0 aliphatic rings. The third-order valence-corrected chi connectivity index (χ3v) is 2.95.